The maximum Gasteiger partial charge on any atom is 0.388 e. The minimum atomic E-state index is -0.624. The van der Waals surface area contributed by atoms with Gasteiger partial charge in [0.15, 0.2) is 11.5 Å². The van der Waals surface area contributed by atoms with Gasteiger partial charge in [0.2, 0.25) is 0 Å². The Morgan fingerprint density at radius 2 is 1.78 bits per heavy atom. The number of carbonyl (C=O) groups is 1. The van der Waals surface area contributed by atoms with E-state index in [-0.39, 0.29) is 11.4 Å². The van der Waals surface area contributed by atoms with E-state index < -0.39 is 5.97 Å². The van der Waals surface area contributed by atoms with Crippen LogP contribution < -0.4 is 20.4 Å². The molecule has 0 saturated carbocycles. The molecule has 0 spiro atoms. The third-order valence-corrected chi connectivity index (χ3v) is 3.37. The van der Waals surface area contributed by atoms with Crippen molar-refractivity contribution in [3.05, 3.63) is 58.6 Å². The number of nitrogen functional groups attached to an aromatic ring is 1. The van der Waals surface area contributed by atoms with E-state index >= 15 is 0 Å². The molecule has 0 unspecified atom stereocenters. The Hall–Kier alpha value is -2.73. The van der Waals surface area contributed by atoms with E-state index in [4.69, 9.17) is 31.6 Å². The first-order valence-electron chi connectivity index (χ1n) is 6.63. The Kier molecular flexibility index (Phi) is 5.43. The number of hydrogen-bond donors (Lipinski definition) is 2. The Bertz CT molecular complexity index is 747. The summed E-state index contributed by atoms with van der Waals surface area (Å²) in [7, 11) is 2.99. The van der Waals surface area contributed by atoms with E-state index in [1.165, 1.54) is 20.3 Å². The summed E-state index contributed by atoms with van der Waals surface area (Å²) in [5.41, 5.74) is 6.64. The molecule has 2 aromatic carbocycles. The predicted molar refractivity (Wildman–Crippen MR) is 85.7 cm³/mol. The summed E-state index contributed by atoms with van der Waals surface area (Å²) in [6.45, 7) is 0. The van der Waals surface area contributed by atoms with Crippen LogP contribution >= 0.6 is 11.6 Å². The van der Waals surface area contributed by atoms with Gasteiger partial charge < -0.3 is 9.47 Å². The van der Waals surface area contributed by atoms with E-state index in [0.29, 0.717) is 22.1 Å². The molecule has 0 atom stereocenters. The van der Waals surface area contributed by atoms with E-state index in [0.717, 1.165) is 0 Å². The lowest BCUT2D eigenvalue weighted by atomic mass is 10.2. The van der Waals surface area contributed by atoms with Crippen molar-refractivity contribution in [3.8, 4) is 11.5 Å². The standard InChI is InChI=1S/C16H15ClN2O4/c1-21-13-8-7-10(9-14(13)22-2)16(20)23-19-15(18)11-5-3-4-6-12(11)17/h3-9H,1-2H3,(H2,18,19)/p+1. The molecule has 0 aliphatic rings. The summed E-state index contributed by atoms with van der Waals surface area (Å²) in [4.78, 5) is 17.0. The number of hydrogen-bond acceptors (Lipinski definition) is 4. The highest BCUT2D eigenvalue weighted by molar-refractivity contribution is 6.33. The van der Waals surface area contributed by atoms with Crippen LogP contribution in [0.3, 0.4) is 0 Å². The highest BCUT2D eigenvalue weighted by Gasteiger charge is 2.15. The van der Waals surface area contributed by atoms with Gasteiger partial charge in [-0.1, -0.05) is 28.9 Å². The van der Waals surface area contributed by atoms with Gasteiger partial charge in [-0.05, 0) is 30.3 Å². The number of carbonyl (C=O) groups excluding carboxylic acids is 1. The molecule has 0 heterocycles. The second-order valence-corrected chi connectivity index (χ2v) is 4.86. The molecule has 7 heteroatoms. The summed E-state index contributed by atoms with van der Waals surface area (Å²) in [6, 6.07) is 11.6. The minimum Gasteiger partial charge on any atom is -0.493 e. The average Bonchev–Trinajstić information content (AvgIpc) is 2.59. The first kappa shape index (κ1) is 16.6. The number of nitrogens with one attached hydrogen (secondary N) is 1. The number of nitrogens with two attached hydrogens (primary N) is 1. The van der Waals surface area contributed by atoms with E-state index in [1.807, 2.05) is 0 Å². The third-order valence-electron chi connectivity index (χ3n) is 3.04. The summed E-state index contributed by atoms with van der Waals surface area (Å²) in [6.07, 6.45) is 0. The molecular formula is C16H16ClN2O4+. The molecule has 0 radical (unpaired) electrons. The summed E-state index contributed by atoms with van der Waals surface area (Å²) >= 11 is 6.01. The predicted octanol–water partition coefficient (Wildman–Crippen LogP) is 0.915. The molecule has 0 bridgehead atoms. The van der Waals surface area contributed by atoms with E-state index in [1.54, 1.807) is 36.4 Å². The lowest BCUT2D eigenvalue weighted by molar-refractivity contribution is -0.721. The highest BCUT2D eigenvalue weighted by atomic mass is 35.5. The van der Waals surface area contributed by atoms with Crippen LogP contribution in [0.2, 0.25) is 5.02 Å². The lowest BCUT2D eigenvalue weighted by Gasteiger charge is -2.07. The van der Waals surface area contributed by atoms with Crippen LogP contribution in [0.15, 0.2) is 42.5 Å². The molecule has 120 valence electrons. The third kappa shape index (κ3) is 3.92. The Balaban J connectivity index is 2.16. The number of halogens is 1. The molecule has 0 aliphatic carbocycles. The fraction of sp³-hybridized carbons (Fsp3) is 0.125. The number of rotatable bonds is 5. The maximum atomic E-state index is 12.1. The van der Waals surface area contributed by atoms with Gasteiger partial charge in [-0.3, -0.25) is 10.6 Å². The fourth-order valence-electron chi connectivity index (χ4n) is 1.86. The first-order chi connectivity index (χ1) is 11.1. The molecule has 2 aromatic rings. The van der Waals surface area contributed by atoms with Crippen molar-refractivity contribution in [2.75, 3.05) is 14.2 Å². The molecule has 2 rings (SSSR count). The van der Waals surface area contributed by atoms with Gasteiger partial charge >= 0.3 is 11.8 Å². The van der Waals surface area contributed by atoms with Gasteiger partial charge in [-0.15, -0.1) is 0 Å². The monoisotopic (exact) mass is 335 g/mol. The lowest BCUT2D eigenvalue weighted by Crippen LogP contribution is -2.75. The Morgan fingerprint density at radius 1 is 1.09 bits per heavy atom. The molecule has 3 N–H and O–H groups in total. The number of ether oxygens (including phenoxy) is 2. The normalized spacial score (nSPS) is 11.0. The van der Waals surface area contributed by atoms with Gasteiger partial charge in [-0.2, -0.15) is 0 Å². The molecular weight excluding hydrogens is 320 g/mol. The van der Waals surface area contributed by atoms with Crippen LogP contribution in [0.5, 0.6) is 11.5 Å². The second-order valence-electron chi connectivity index (χ2n) is 4.45. The fourth-order valence-corrected chi connectivity index (χ4v) is 2.10. The number of benzene rings is 2. The summed E-state index contributed by atoms with van der Waals surface area (Å²) in [5.74, 6) is 0.439. The quantitative estimate of drug-likeness (QED) is 0.367. The van der Waals surface area contributed by atoms with Crippen LogP contribution in [0.1, 0.15) is 15.9 Å². The minimum absolute atomic E-state index is 0.129. The number of methoxy groups -OCH3 is 2. The van der Waals surface area contributed by atoms with Gasteiger partial charge in [0.25, 0.3) is 0 Å². The van der Waals surface area contributed by atoms with Crippen molar-refractivity contribution in [2.45, 2.75) is 0 Å². The van der Waals surface area contributed by atoms with Crippen molar-refractivity contribution in [2.24, 2.45) is 5.73 Å². The zero-order chi connectivity index (χ0) is 16.8. The summed E-state index contributed by atoms with van der Waals surface area (Å²) in [5, 5.41) is 2.84. The number of amidine groups is 1. The van der Waals surface area contributed by atoms with Crippen molar-refractivity contribution in [3.63, 3.8) is 0 Å². The Labute approximate surface area is 138 Å². The molecule has 0 aliphatic heterocycles. The van der Waals surface area contributed by atoms with Crippen molar-refractivity contribution in [1.82, 2.24) is 0 Å². The van der Waals surface area contributed by atoms with Crippen LogP contribution in [0, 0.1) is 0 Å². The molecule has 0 aromatic heterocycles. The van der Waals surface area contributed by atoms with Crippen molar-refractivity contribution in [1.29, 1.82) is 0 Å². The molecule has 6 nitrogen and oxygen atoms in total. The van der Waals surface area contributed by atoms with Gasteiger partial charge in [0.1, 0.15) is 0 Å². The van der Waals surface area contributed by atoms with Crippen LogP contribution in [0.25, 0.3) is 0 Å². The molecule has 0 amide bonds. The van der Waals surface area contributed by atoms with Crippen LogP contribution in [-0.4, -0.2) is 26.0 Å². The average molecular weight is 336 g/mol. The topological polar surface area (TPSA) is 84.8 Å². The highest BCUT2D eigenvalue weighted by Crippen LogP contribution is 2.27. The Morgan fingerprint density at radius 3 is 2.43 bits per heavy atom. The van der Waals surface area contributed by atoms with E-state index in [9.17, 15) is 4.79 Å². The van der Waals surface area contributed by atoms with Crippen LogP contribution in [-0.2, 0) is 4.84 Å². The van der Waals surface area contributed by atoms with Crippen molar-refractivity contribution < 1.29 is 24.3 Å². The molecule has 0 saturated heterocycles. The van der Waals surface area contributed by atoms with Crippen molar-refractivity contribution >= 4 is 23.4 Å². The first-order valence-corrected chi connectivity index (χ1v) is 7.01. The zero-order valence-electron chi connectivity index (χ0n) is 12.6. The molecule has 0 fully saturated rings. The van der Waals surface area contributed by atoms with Gasteiger partial charge in [0.05, 0.1) is 30.4 Å². The molecule has 23 heavy (non-hydrogen) atoms. The summed E-state index contributed by atoms with van der Waals surface area (Å²) < 4.78 is 10.2. The van der Waals surface area contributed by atoms with Crippen LogP contribution in [0.4, 0.5) is 0 Å². The van der Waals surface area contributed by atoms with Gasteiger partial charge in [-0.25, -0.2) is 4.79 Å². The smallest absolute Gasteiger partial charge is 0.388 e. The SMILES string of the molecule is COc1ccc(C(=O)O[NH+]=C(N)c2ccccc2Cl)cc1OC. The van der Waals surface area contributed by atoms with Gasteiger partial charge in [0, 0.05) is 0 Å². The largest absolute Gasteiger partial charge is 0.493 e. The zero-order valence-corrected chi connectivity index (χ0v) is 13.4. The van der Waals surface area contributed by atoms with E-state index in [2.05, 4.69) is 5.16 Å². The maximum absolute atomic E-state index is 12.1. The second kappa shape index (κ2) is 7.51.